The van der Waals surface area contributed by atoms with Crippen LogP contribution < -0.4 is 0 Å². The van der Waals surface area contributed by atoms with E-state index in [2.05, 4.69) is 55.3 Å². The molecule has 2 aliphatic heterocycles. The molecule has 7 rings (SSSR count). The fourth-order valence-electron chi connectivity index (χ4n) is 6.75. The third-order valence-electron chi connectivity index (χ3n) is 9.71. The second kappa shape index (κ2) is 14.3. The lowest BCUT2D eigenvalue weighted by atomic mass is 9.98. The van der Waals surface area contributed by atoms with Crippen molar-refractivity contribution in [1.29, 1.82) is 0 Å². The van der Waals surface area contributed by atoms with Gasteiger partial charge in [-0.2, -0.15) is 0 Å². The highest BCUT2D eigenvalue weighted by Crippen LogP contribution is 2.39. The number of aliphatic hydroxyl groups excluding tert-OH is 1. The van der Waals surface area contributed by atoms with Crippen LogP contribution in [-0.2, 0) is 22.6 Å². The molecule has 0 bridgehead atoms. The number of benzene rings is 5. The van der Waals surface area contributed by atoms with Gasteiger partial charge in [-0.1, -0.05) is 109 Å². The van der Waals surface area contributed by atoms with Crippen LogP contribution in [0.1, 0.15) is 80.3 Å². The van der Waals surface area contributed by atoms with Crippen molar-refractivity contribution in [2.45, 2.75) is 51.0 Å². The van der Waals surface area contributed by atoms with Gasteiger partial charge in [0, 0.05) is 24.6 Å². The van der Waals surface area contributed by atoms with E-state index < -0.39 is 6.29 Å². The van der Waals surface area contributed by atoms with Gasteiger partial charge in [-0.15, -0.1) is 0 Å². The van der Waals surface area contributed by atoms with Crippen LogP contribution in [-0.4, -0.2) is 46.4 Å². The maximum atomic E-state index is 12.9. The molecule has 7 heteroatoms. The van der Waals surface area contributed by atoms with Crippen LogP contribution in [0.2, 0.25) is 0 Å². The normalized spacial score (nSPS) is 19.7. The zero-order valence-electron chi connectivity index (χ0n) is 27.7. The van der Waals surface area contributed by atoms with Crippen molar-refractivity contribution in [3.8, 4) is 11.1 Å². The van der Waals surface area contributed by atoms with Crippen LogP contribution >= 0.6 is 0 Å². The molecule has 1 fully saturated rings. The van der Waals surface area contributed by atoms with Crippen LogP contribution in [0, 0.1) is 0 Å². The van der Waals surface area contributed by atoms with E-state index in [0.717, 1.165) is 39.9 Å². The second-order valence-electron chi connectivity index (χ2n) is 12.9. The number of imide groups is 1. The van der Waals surface area contributed by atoms with Gasteiger partial charge in [-0.05, 0) is 65.6 Å². The third kappa shape index (κ3) is 6.98. The Morgan fingerprint density at radius 2 is 1.39 bits per heavy atom. The number of rotatable bonds is 10. The average molecular weight is 653 g/mol. The van der Waals surface area contributed by atoms with E-state index >= 15 is 0 Å². The first-order valence-corrected chi connectivity index (χ1v) is 16.8. The van der Waals surface area contributed by atoms with Gasteiger partial charge in [0.25, 0.3) is 11.8 Å². The van der Waals surface area contributed by atoms with Crippen molar-refractivity contribution in [2.75, 3.05) is 13.6 Å². The van der Waals surface area contributed by atoms with Crippen molar-refractivity contribution in [3.63, 3.8) is 0 Å². The Labute approximate surface area is 287 Å². The number of ether oxygens (including phenoxy) is 2. The zero-order valence-corrected chi connectivity index (χ0v) is 27.7. The topological polar surface area (TPSA) is 79.3 Å². The molecule has 2 amide bonds. The van der Waals surface area contributed by atoms with Crippen LogP contribution in [0.5, 0.6) is 0 Å². The quantitative estimate of drug-likeness (QED) is 0.155. The first-order chi connectivity index (χ1) is 23.9. The average Bonchev–Trinajstić information content (AvgIpc) is 3.39. The summed E-state index contributed by atoms with van der Waals surface area (Å²) in [7, 11) is 2.13. The first kappa shape index (κ1) is 32.6. The van der Waals surface area contributed by atoms with E-state index in [1.54, 1.807) is 24.3 Å². The van der Waals surface area contributed by atoms with Crippen LogP contribution in [0.15, 0.2) is 127 Å². The molecule has 1 saturated heterocycles. The molecule has 248 valence electrons. The minimum Gasteiger partial charge on any atom is -0.392 e. The number of nitrogens with zero attached hydrogens (tertiary/aromatic N) is 2. The number of fused-ring (bicyclic) bond motifs is 1. The Bertz CT molecular complexity index is 1890. The summed E-state index contributed by atoms with van der Waals surface area (Å²) in [5, 5.41) is 9.57. The van der Waals surface area contributed by atoms with Crippen LogP contribution in [0.4, 0.5) is 0 Å². The summed E-state index contributed by atoms with van der Waals surface area (Å²) in [6, 6.07) is 41.8. The van der Waals surface area contributed by atoms with Crippen molar-refractivity contribution in [3.05, 3.63) is 166 Å². The van der Waals surface area contributed by atoms with Crippen molar-refractivity contribution in [1.82, 2.24) is 9.80 Å². The monoisotopic (exact) mass is 652 g/mol. The molecule has 0 spiro atoms. The SMILES string of the molecule is C[C@@H](c1ccccc1)N(C)C[C@@H]1C[C@H](c2ccc(CO)cc2)O[C@H](c2ccc(-c3cccc(CN4C(=O)c5ccccc5C4=O)c3)cc2)O1. The third-order valence-corrected chi connectivity index (χ3v) is 9.71. The van der Waals surface area contributed by atoms with Gasteiger partial charge in [-0.25, -0.2) is 0 Å². The molecule has 4 atom stereocenters. The van der Waals surface area contributed by atoms with Gasteiger partial charge < -0.3 is 14.6 Å². The Balaban J connectivity index is 1.08. The molecular formula is C42H40N2O5. The summed E-state index contributed by atoms with van der Waals surface area (Å²) < 4.78 is 13.2. The highest BCUT2D eigenvalue weighted by Gasteiger charge is 2.35. The van der Waals surface area contributed by atoms with Crippen LogP contribution in [0.25, 0.3) is 11.1 Å². The minimum absolute atomic E-state index is 0.000355. The number of aliphatic hydroxyl groups is 1. The molecule has 7 nitrogen and oxygen atoms in total. The highest BCUT2D eigenvalue weighted by molar-refractivity contribution is 6.21. The Morgan fingerprint density at radius 1 is 0.735 bits per heavy atom. The van der Waals surface area contributed by atoms with Gasteiger partial charge in [0.05, 0.1) is 36.5 Å². The number of amides is 2. The lowest BCUT2D eigenvalue weighted by molar-refractivity contribution is -0.253. The zero-order chi connectivity index (χ0) is 33.9. The lowest BCUT2D eigenvalue weighted by Crippen LogP contribution is -2.38. The van der Waals surface area contributed by atoms with Gasteiger partial charge in [-0.3, -0.25) is 19.4 Å². The Morgan fingerprint density at radius 3 is 2.06 bits per heavy atom. The molecule has 2 heterocycles. The number of carbonyl (C=O) groups excluding carboxylic acids is 2. The summed E-state index contributed by atoms with van der Waals surface area (Å²) in [6.07, 6.45) is -0.0963. The fraction of sp³-hybridized carbons (Fsp3) is 0.238. The lowest BCUT2D eigenvalue weighted by Gasteiger charge is -2.39. The van der Waals surface area contributed by atoms with Gasteiger partial charge in [0.15, 0.2) is 6.29 Å². The van der Waals surface area contributed by atoms with E-state index in [0.29, 0.717) is 17.5 Å². The van der Waals surface area contributed by atoms with Crippen LogP contribution in [0.3, 0.4) is 0 Å². The summed E-state index contributed by atoms with van der Waals surface area (Å²) >= 11 is 0. The molecule has 0 saturated carbocycles. The summed E-state index contributed by atoms with van der Waals surface area (Å²) in [4.78, 5) is 29.5. The molecule has 2 aliphatic rings. The van der Waals surface area contributed by atoms with E-state index in [1.807, 2.05) is 66.7 Å². The van der Waals surface area contributed by atoms with Gasteiger partial charge >= 0.3 is 0 Å². The van der Waals surface area contributed by atoms with Crippen molar-refractivity contribution >= 4 is 11.8 Å². The first-order valence-electron chi connectivity index (χ1n) is 16.8. The highest BCUT2D eigenvalue weighted by atomic mass is 16.7. The maximum absolute atomic E-state index is 12.9. The largest absolute Gasteiger partial charge is 0.392 e. The van der Waals surface area contributed by atoms with Crippen molar-refractivity contribution in [2.24, 2.45) is 0 Å². The Hall–Kier alpha value is -4.92. The summed E-state index contributed by atoms with van der Waals surface area (Å²) in [5.41, 5.74) is 7.88. The molecule has 5 aromatic rings. The molecule has 1 N–H and O–H groups in total. The molecular weight excluding hydrogens is 612 g/mol. The predicted octanol–water partition coefficient (Wildman–Crippen LogP) is 7.88. The molecule has 49 heavy (non-hydrogen) atoms. The summed E-state index contributed by atoms with van der Waals surface area (Å²) in [5.74, 6) is -0.519. The van der Waals surface area contributed by atoms with Gasteiger partial charge in [0.1, 0.15) is 0 Å². The van der Waals surface area contributed by atoms with Crippen molar-refractivity contribution < 1.29 is 24.2 Å². The van der Waals surface area contributed by atoms with E-state index in [-0.39, 0.29) is 43.2 Å². The fourth-order valence-corrected chi connectivity index (χ4v) is 6.75. The molecule has 0 unspecified atom stereocenters. The predicted molar refractivity (Wildman–Crippen MR) is 188 cm³/mol. The van der Waals surface area contributed by atoms with E-state index in [1.165, 1.54) is 10.5 Å². The number of hydrogen-bond donors (Lipinski definition) is 1. The molecule has 0 aromatic heterocycles. The standard InChI is InChI=1S/C42H40N2O5/c1-28(31-10-4-3-5-11-31)43(2)26-36-24-39(33-17-15-29(27-45)16-18-33)49-42(48-36)34-21-19-32(20-22-34)35-12-8-9-30(23-35)25-44-40(46)37-13-6-7-14-38(37)41(44)47/h3-23,28,36,39,42,45H,24-27H2,1-2H3/t28-,36-,39+,42+/m0/s1. The van der Waals surface area contributed by atoms with Gasteiger partial charge in [0.2, 0.25) is 0 Å². The molecule has 0 aliphatic carbocycles. The second-order valence-corrected chi connectivity index (χ2v) is 12.9. The number of likely N-dealkylation sites (N-methyl/N-ethyl adjacent to an activating group) is 1. The summed E-state index contributed by atoms with van der Waals surface area (Å²) in [6.45, 7) is 3.16. The number of carbonyl (C=O) groups is 2. The smallest absolute Gasteiger partial charge is 0.261 e. The maximum Gasteiger partial charge on any atom is 0.261 e. The molecule has 5 aromatic carbocycles. The minimum atomic E-state index is -0.559. The van der Waals surface area contributed by atoms with E-state index in [4.69, 9.17) is 9.47 Å². The Kier molecular flexibility index (Phi) is 9.51. The number of hydrogen-bond acceptors (Lipinski definition) is 6. The molecule has 0 radical (unpaired) electrons. The van der Waals surface area contributed by atoms with E-state index in [9.17, 15) is 14.7 Å².